The fourth-order valence-electron chi connectivity index (χ4n) is 4.22. The number of anilines is 1. The number of benzene rings is 2. The van der Waals surface area contributed by atoms with Crippen molar-refractivity contribution in [3.63, 3.8) is 0 Å². The second kappa shape index (κ2) is 7.61. The number of fused-ring (bicyclic) bond motifs is 1. The third kappa shape index (κ3) is 3.51. The van der Waals surface area contributed by atoms with Gasteiger partial charge in [-0.3, -0.25) is 4.79 Å². The van der Waals surface area contributed by atoms with Crippen LogP contribution in [-0.2, 0) is 21.2 Å². The van der Waals surface area contributed by atoms with Crippen molar-refractivity contribution in [3.05, 3.63) is 58.6 Å². The third-order valence-electron chi connectivity index (χ3n) is 5.68. The molecule has 1 amide bonds. The number of rotatable bonds is 3. The van der Waals surface area contributed by atoms with E-state index >= 15 is 0 Å². The van der Waals surface area contributed by atoms with E-state index in [1.54, 1.807) is 30.3 Å². The molecule has 2 aliphatic rings. The predicted octanol–water partition coefficient (Wildman–Crippen LogP) is 3.83. The van der Waals surface area contributed by atoms with Crippen LogP contribution in [-0.4, -0.2) is 37.8 Å². The second-order valence-electron chi connectivity index (χ2n) is 7.53. The summed E-state index contributed by atoms with van der Waals surface area (Å²) in [6.45, 7) is 2.83. The van der Waals surface area contributed by atoms with Crippen molar-refractivity contribution in [3.8, 4) is 0 Å². The van der Waals surface area contributed by atoms with Gasteiger partial charge in [0, 0.05) is 35.2 Å². The van der Waals surface area contributed by atoms with Crippen LogP contribution < -0.4 is 4.90 Å². The Labute approximate surface area is 174 Å². The maximum atomic E-state index is 13.2. The third-order valence-corrected chi connectivity index (χ3v) is 8.08. The Kier molecular flexibility index (Phi) is 5.33. The molecule has 28 heavy (non-hydrogen) atoms. The first-order valence-electron chi connectivity index (χ1n) is 9.54. The summed E-state index contributed by atoms with van der Waals surface area (Å²) in [6, 6.07) is 14.7. The molecule has 4 rings (SSSR count). The monoisotopic (exact) mass is 462 g/mol. The minimum absolute atomic E-state index is 0.116. The highest BCUT2D eigenvalue weighted by Gasteiger charge is 2.38. The fraction of sp³-hybridized carbons (Fsp3) is 0.381. The Balaban J connectivity index is 1.47. The molecule has 2 aliphatic heterocycles. The van der Waals surface area contributed by atoms with E-state index in [0.717, 1.165) is 16.6 Å². The Morgan fingerprint density at radius 2 is 1.75 bits per heavy atom. The lowest BCUT2D eigenvalue weighted by Gasteiger charge is -2.34. The molecule has 0 radical (unpaired) electrons. The molecule has 148 valence electrons. The normalized spacial score (nSPS) is 20.9. The van der Waals surface area contributed by atoms with Crippen LogP contribution in [0.2, 0.25) is 0 Å². The van der Waals surface area contributed by atoms with Gasteiger partial charge in [-0.15, -0.1) is 0 Å². The quantitative estimate of drug-likeness (QED) is 0.696. The molecule has 0 N–H and O–H groups in total. The van der Waals surface area contributed by atoms with Gasteiger partial charge in [0.05, 0.1) is 4.90 Å². The molecule has 0 aromatic heterocycles. The van der Waals surface area contributed by atoms with Crippen molar-refractivity contribution in [2.45, 2.75) is 37.1 Å². The van der Waals surface area contributed by atoms with Crippen LogP contribution >= 0.6 is 15.9 Å². The van der Waals surface area contributed by atoms with Crippen LogP contribution in [0.1, 0.15) is 25.3 Å². The van der Waals surface area contributed by atoms with Crippen LogP contribution in [0.5, 0.6) is 0 Å². The highest BCUT2D eigenvalue weighted by molar-refractivity contribution is 9.10. The standard InChI is InChI=1S/C21H23BrN2O3S/c1-15-13-17-14-18(22)7-8-20(17)24(15)21(25)16-9-11-23(12-10-16)28(26,27)19-5-3-2-4-6-19/h2-8,14-16H,9-13H2,1H3/t15-/m0/s1. The van der Waals surface area contributed by atoms with Crippen LogP contribution in [0.4, 0.5) is 5.69 Å². The number of hydrogen-bond donors (Lipinski definition) is 0. The van der Waals surface area contributed by atoms with E-state index in [1.165, 1.54) is 9.87 Å². The van der Waals surface area contributed by atoms with E-state index in [2.05, 4.69) is 28.9 Å². The van der Waals surface area contributed by atoms with Gasteiger partial charge < -0.3 is 4.90 Å². The molecule has 1 fully saturated rings. The molecule has 0 bridgehead atoms. The lowest BCUT2D eigenvalue weighted by molar-refractivity contribution is -0.123. The zero-order chi connectivity index (χ0) is 19.9. The Morgan fingerprint density at radius 3 is 2.43 bits per heavy atom. The molecule has 0 saturated carbocycles. The molecule has 1 atom stereocenters. The summed E-state index contributed by atoms with van der Waals surface area (Å²) in [5.74, 6) is -0.0235. The zero-order valence-electron chi connectivity index (χ0n) is 15.7. The maximum absolute atomic E-state index is 13.2. The largest absolute Gasteiger partial charge is 0.309 e. The van der Waals surface area contributed by atoms with Crippen LogP contribution in [0.3, 0.4) is 0 Å². The first kappa shape index (κ1) is 19.6. The maximum Gasteiger partial charge on any atom is 0.243 e. The topological polar surface area (TPSA) is 57.7 Å². The molecule has 5 nitrogen and oxygen atoms in total. The average molecular weight is 463 g/mol. The summed E-state index contributed by atoms with van der Waals surface area (Å²) in [5, 5.41) is 0. The van der Waals surface area contributed by atoms with Gasteiger partial charge in [-0.05, 0) is 62.1 Å². The Bertz CT molecular complexity index is 986. The fourth-order valence-corrected chi connectivity index (χ4v) is 6.12. The highest BCUT2D eigenvalue weighted by Crippen LogP contribution is 2.36. The van der Waals surface area contributed by atoms with Crippen molar-refractivity contribution in [1.82, 2.24) is 4.31 Å². The second-order valence-corrected chi connectivity index (χ2v) is 10.4. The van der Waals surface area contributed by atoms with Crippen LogP contribution in [0, 0.1) is 5.92 Å². The van der Waals surface area contributed by atoms with E-state index in [1.807, 2.05) is 17.0 Å². The van der Waals surface area contributed by atoms with Crippen molar-refractivity contribution >= 4 is 37.5 Å². The SMILES string of the molecule is C[C@H]1Cc2cc(Br)ccc2N1C(=O)C1CCN(S(=O)(=O)c2ccccc2)CC1. The minimum Gasteiger partial charge on any atom is -0.309 e. The molecule has 1 saturated heterocycles. The molecule has 2 aromatic rings. The number of halogens is 1. The van der Waals surface area contributed by atoms with Gasteiger partial charge >= 0.3 is 0 Å². The Hall–Kier alpha value is -1.70. The molecular weight excluding hydrogens is 440 g/mol. The van der Waals surface area contributed by atoms with Crippen molar-refractivity contribution in [1.29, 1.82) is 0 Å². The van der Waals surface area contributed by atoms with Gasteiger partial charge in [0.25, 0.3) is 0 Å². The molecular formula is C21H23BrN2O3S. The molecule has 0 spiro atoms. The molecule has 2 aromatic carbocycles. The van der Waals surface area contributed by atoms with Gasteiger partial charge in [0.15, 0.2) is 0 Å². The van der Waals surface area contributed by atoms with Crippen LogP contribution in [0.15, 0.2) is 57.9 Å². The number of nitrogens with zero attached hydrogens (tertiary/aromatic N) is 2. The zero-order valence-corrected chi connectivity index (χ0v) is 18.1. The number of sulfonamides is 1. The van der Waals surface area contributed by atoms with E-state index < -0.39 is 10.0 Å². The van der Waals surface area contributed by atoms with Crippen molar-refractivity contribution in [2.75, 3.05) is 18.0 Å². The lowest BCUT2D eigenvalue weighted by Crippen LogP contribution is -2.46. The van der Waals surface area contributed by atoms with Crippen molar-refractivity contribution in [2.24, 2.45) is 5.92 Å². The van der Waals surface area contributed by atoms with Gasteiger partial charge in [-0.1, -0.05) is 34.1 Å². The number of piperidine rings is 1. The van der Waals surface area contributed by atoms with E-state index in [9.17, 15) is 13.2 Å². The van der Waals surface area contributed by atoms with Gasteiger partial charge in [0.2, 0.25) is 15.9 Å². The highest BCUT2D eigenvalue weighted by atomic mass is 79.9. The number of amides is 1. The molecule has 0 aliphatic carbocycles. The molecule has 0 unspecified atom stereocenters. The lowest BCUT2D eigenvalue weighted by atomic mass is 9.96. The first-order chi connectivity index (χ1) is 13.4. The number of hydrogen-bond acceptors (Lipinski definition) is 3. The van der Waals surface area contributed by atoms with E-state index in [4.69, 9.17) is 0 Å². The first-order valence-corrected chi connectivity index (χ1v) is 11.8. The number of carbonyl (C=O) groups excluding carboxylic acids is 1. The summed E-state index contributed by atoms with van der Waals surface area (Å²) in [5.41, 5.74) is 2.17. The van der Waals surface area contributed by atoms with Crippen molar-refractivity contribution < 1.29 is 13.2 Å². The predicted molar refractivity (Wildman–Crippen MR) is 113 cm³/mol. The smallest absolute Gasteiger partial charge is 0.243 e. The average Bonchev–Trinajstić information content (AvgIpc) is 3.03. The summed E-state index contributed by atoms with van der Waals surface area (Å²) < 4.78 is 28.1. The minimum atomic E-state index is -3.49. The molecule has 2 heterocycles. The van der Waals surface area contributed by atoms with Gasteiger partial charge in [-0.25, -0.2) is 8.42 Å². The summed E-state index contributed by atoms with van der Waals surface area (Å²) in [7, 11) is -3.49. The van der Waals surface area contributed by atoms with E-state index in [0.29, 0.717) is 30.8 Å². The summed E-state index contributed by atoms with van der Waals surface area (Å²) >= 11 is 3.50. The summed E-state index contributed by atoms with van der Waals surface area (Å²) in [6.07, 6.45) is 1.96. The van der Waals surface area contributed by atoms with Gasteiger partial charge in [-0.2, -0.15) is 4.31 Å². The van der Waals surface area contributed by atoms with Crippen LogP contribution in [0.25, 0.3) is 0 Å². The number of carbonyl (C=O) groups is 1. The van der Waals surface area contributed by atoms with E-state index in [-0.39, 0.29) is 17.9 Å². The summed E-state index contributed by atoms with van der Waals surface area (Å²) in [4.78, 5) is 15.5. The Morgan fingerprint density at radius 1 is 1.07 bits per heavy atom. The molecule has 7 heteroatoms. The van der Waals surface area contributed by atoms with Gasteiger partial charge in [0.1, 0.15) is 0 Å².